The second kappa shape index (κ2) is 8.04. The van der Waals surface area contributed by atoms with Crippen LogP contribution in [0, 0.1) is 13.8 Å². The topological polar surface area (TPSA) is 75.3 Å². The first-order valence-electron chi connectivity index (χ1n) is 8.53. The van der Waals surface area contributed by atoms with Crippen LogP contribution in [0.15, 0.2) is 71.6 Å². The molecule has 0 aliphatic carbocycles. The number of nitrogens with one attached hydrogen (secondary N) is 2. The van der Waals surface area contributed by atoms with Crippen molar-refractivity contribution in [3.63, 3.8) is 0 Å². The predicted octanol–water partition coefficient (Wildman–Crippen LogP) is 5.01. The van der Waals surface area contributed by atoms with Gasteiger partial charge in [-0.05, 0) is 61.4 Å². The molecule has 0 spiro atoms. The van der Waals surface area contributed by atoms with Crippen molar-refractivity contribution in [3.8, 4) is 0 Å². The second-order valence-electron chi connectivity index (χ2n) is 6.31. The first-order chi connectivity index (χ1) is 13.3. The van der Waals surface area contributed by atoms with Gasteiger partial charge in [0, 0.05) is 16.3 Å². The summed E-state index contributed by atoms with van der Waals surface area (Å²) in [5, 5.41) is 3.30. The van der Waals surface area contributed by atoms with Gasteiger partial charge >= 0.3 is 0 Å². The molecule has 2 N–H and O–H groups in total. The van der Waals surface area contributed by atoms with E-state index in [2.05, 4.69) is 10.0 Å². The molecule has 3 rings (SSSR count). The molecule has 28 heavy (non-hydrogen) atoms. The Hall–Kier alpha value is -2.83. The van der Waals surface area contributed by atoms with E-state index in [0.29, 0.717) is 16.4 Å². The molecule has 0 aliphatic heterocycles. The standard InChI is InChI=1S/C21H19ClN2O3S/c1-14-7-3-4-11-19(14)24-28(26,27)17-9-5-8-16(13-17)21(25)23-20-12-6-10-18(22)15(20)2/h3-13,24H,1-2H3,(H,23,25). The van der Waals surface area contributed by atoms with Crippen molar-refractivity contribution < 1.29 is 13.2 Å². The lowest BCUT2D eigenvalue weighted by Crippen LogP contribution is -2.16. The van der Waals surface area contributed by atoms with E-state index in [4.69, 9.17) is 11.6 Å². The number of benzene rings is 3. The minimum atomic E-state index is -3.83. The van der Waals surface area contributed by atoms with Crippen LogP contribution in [-0.2, 0) is 10.0 Å². The summed E-state index contributed by atoms with van der Waals surface area (Å²) in [5.74, 6) is -0.418. The summed E-state index contributed by atoms with van der Waals surface area (Å²) >= 11 is 6.08. The maximum atomic E-state index is 12.7. The molecule has 0 aromatic heterocycles. The van der Waals surface area contributed by atoms with Crippen LogP contribution in [0.25, 0.3) is 0 Å². The summed E-state index contributed by atoms with van der Waals surface area (Å²) < 4.78 is 28.0. The summed E-state index contributed by atoms with van der Waals surface area (Å²) in [6.07, 6.45) is 0. The van der Waals surface area contributed by atoms with Crippen molar-refractivity contribution >= 4 is 38.9 Å². The first kappa shape index (κ1) is 19.9. The van der Waals surface area contributed by atoms with Crippen molar-refractivity contribution in [2.45, 2.75) is 18.7 Å². The van der Waals surface area contributed by atoms with Crippen molar-refractivity contribution in [2.24, 2.45) is 0 Å². The Bertz CT molecular complexity index is 1140. The lowest BCUT2D eigenvalue weighted by molar-refractivity contribution is 0.102. The van der Waals surface area contributed by atoms with Gasteiger partial charge in [0.1, 0.15) is 0 Å². The molecule has 0 saturated carbocycles. The number of amides is 1. The van der Waals surface area contributed by atoms with Gasteiger partial charge < -0.3 is 5.32 Å². The minimum Gasteiger partial charge on any atom is -0.322 e. The van der Waals surface area contributed by atoms with Crippen LogP contribution in [-0.4, -0.2) is 14.3 Å². The van der Waals surface area contributed by atoms with Gasteiger partial charge in [-0.15, -0.1) is 0 Å². The van der Waals surface area contributed by atoms with Gasteiger partial charge in [0.05, 0.1) is 10.6 Å². The van der Waals surface area contributed by atoms with E-state index in [1.165, 1.54) is 18.2 Å². The number of carbonyl (C=O) groups excluding carboxylic acids is 1. The zero-order chi connectivity index (χ0) is 20.3. The molecule has 0 heterocycles. The van der Waals surface area contributed by atoms with E-state index in [9.17, 15) is 13.2 Å². The number of halogens is 1. The Kier molecular flexibility index (Phi) is 5.72. The molecule has 0 fully saturated rings. The highest BCUT2D eigenvalue weighted by Gasteiger charge is 2.18. The third kappa shape index (κ3) is 4.35. The van der Waals surface area contributed by atoms with Gasteiger partial charge in [-0.25, -0.2) is 8.42 Å². The average molecular weight is 415 g/mol. The summed E-state index contributed by atoms with van der Waals surface area (Å²) in [6.45, 7) is 3.61. The highest BCUT2D eigenvalue weighted by atomic mass is 35.5. The lowest BCUT2D eigenvalue weighted by atomic mass is 10.1. The van der Waals surface area contributed by atoms with Crippen LogP contribution in [0.1, 0.15) is 21.5 Å². The third-order valence-electron chi connectivity index (χ3n) is 4.31. The number of sulfonamides is 1. The Morgan fingerprint density at radius 2 is 1.57 bits per heavy atom. The molecule has 0 atom stereocenters. The van der Waals surface area contributed by atoms with Crippen LogP contribution >= 0.6 is 11.6 Å². The maximum Gasteiger partial charge on any atom is 0.261 e. The molecule has 0 aliphatic rings. The zero-order valence-corrected chi connectivity index (χ0v) is 16.9. The fraction of sp³-hybridized carbons (Fsp3) is 0.0952. The van der Waals surface area contributed by atoms with E-state index in [1.807, 2.05) is 19.1 Å². The van der Waals surface area contributed by atoms with Gasteiger partial charge in [-0.1, -0.05) is 41.9 Å². The third-order valence-corrected chi connectivity index (χ3v) is 6.08. The zero-order valence-electron chi connectivity index (χ0n) is 15.4. The molecule has 0 radical (unpaired) electrons. The van der Waals surface area contributed by atoms with Crippen molar-refractivity contribution in [3.05, 3.63) is 88.4 Å². The number of hydrogen-bond acceptors (Lipinski definition) is 3. The van der Waals surface area contributed by atoms with Crippen LogP contribution in [0.3, 0.4) is 0 Å². The smallest absolute Gasteiger partial charge is 0.261 e. The van der Waals surface area contributed by atoms with Crippen molar-refractivity contribution in [2.75, 3.05) is 10.0 Å². The molecule has 0 unspecified atom stereocenters. The van der Waals surface area contributed by atoms with Crippen molar-refractivity contribution in [1.29, 1.82) is 0 Å². The highest BCUT2D eigenvalue weighted by Crippen LogP contribution is 2.24. The van der Waals surface area contributed by atoms with E-state index >= 15 is 0 Å². The summed E-state index contributed by atoms with van der Waals surface area (Å²) in [5.41, 5.74) is 2.83. The van der Waals surface area contributed by atoms with Crippen LogP contribution in [0.5, 0.6) is 0 Å². The van der Waals surface area contributed by atoms with Gasteiger partial charge in [0.25, 0.3) is 15.9 Å². The first-order valence-corrected chi connectivity index (χ1v) is 10.4. The highest BCUT2D eigenvalue weighted by molar-refractivity contribution is 7.92. The molecule has 0 saturated heterocycles. The molecule has 3 aromatic carbocycles. The average Bonchev–Trinajstić information content (AvgIpc) is 2.67. The van der Waals surface area contributed by atoms with E-state index < -0.39 is 15.9 Å². The predicted molar refractivity (Wildman–Crippen MR) is 113 cm³/mol. The Morgan fingerprint density at radius 3 is 2.32 bits per heavy atom. The number of rotatable bonds is 5. The van der Waals surface area contributed by atoms with Crippen molar-refractivity contribution in [1.82, 2.24) is 0 Å². The minimum absolute atomic E-state index is 0.00576. The largest absolute Gasteiger partial charge is 0.322 e. The van der Waals surface area contributed by atoms with Crippen LogP contribution < -0.4 is 10.0 Å². The number of carbonyl (C=O) groups is 1. The summed E-state index contributed by atoms with van der Waals surface area (Å²) in [4.78, 5) is 12.6. The number of anilines is 2. The van der Waals surface area contributed by atoms with Crippen LogP contribution in [0.2, 0.25) is 5.02 Å². The van der Waals surface area contributed by atoms with E-state index in [-0.39, 0.29) is 10.5 Å². The fourth-order valence-corrected chi connectivity index (χ4v) is 3.98. The molecular weight excluding hydrogens is 396 g/mol. The number of para-hydroxylation sites is 1. The van der Waals surface area contributed by atoms with Gasteiger partial charge in [0.2, 0.25) is 0 Å². The van der Waals surface area contributed by atoms with Crippen LogP contribution in [0.4, 0.5) is 11.4 Å². The molecular formula is C21H19ClN2O3S. The number of hydrogen-bond donors (Lipinski definition) is 2. The Balaban J connectivity index is 1.86. The normalized spacial score (nSPS) is 11.1. The van der Waals surface area contributed by atoms with E-state index in [0.717, 1.165) is 11.1 Å². The summed E-state index contributed by atoms with van der Waals surface area (Å²) in [7, 11) is -3.83. The maximum absolute atomic E-state index is 12.7. The molecule has 144 valence electrons. The molecule has 5 nitrogen and oxygen atoms in total. The lowest BCUT2D eigenvalue weighted by Gasteiger charge is -2.12. The Morgan fingerprint density at radius 1 is 0.893 bits per heavy atom. The molecule has 0 bridgehead atoms. The second-order valence-corrected chi connectivity index (χ2v) is 8.40. The molecule has 7 heteroatoms. The molecule has 3 aromatic rings. The quantitative estimate of drug-likeness (QED) is 0.616. The van der Waals surface area contributed by atoms with E-state index in [1.54, 1.807) is 43.3 Å². The van der Waals surface area contributed by atoms with Gasteiger partial charge in [-0.2, -0.15) is 0 Å². The monoisotopic (exact) mass is 414 g/mol. The SMILES string of the molecule is Cc1ccccc1NS(=O)(=O)c1cccc(C(=O)Nc2cccc(Cl)c2C)c1. The molecule has 1 amide bonds. The van der Waals surface area contributed by atoms with Gasteiger partial charge in [-0.3, -0.25) is 9.52 Å². The van der Waals surface area contributed by atoms with Gasteiger partial charge in [0.15, 0.2) is 0 Å². The number of aryl methyl sites for hydroxylation is 1. The summed E-state index contributed by atoms with van der Waals surface area (Å²) in [6, 6.07) is 18.2. The fourth-order valence-electron chi connectivity index (χ4n) is 2.63. The Labute approximate surface area is 169 Å².